The molecule has 1 heterocycles. The van der Waals surface area contributed by atoms with Gasteiger partial charge in [-0.25, -0.2) is 8.42 Å². The predicted octanol–water partition coefficient (Wildman–Crippen LogP) is 2.95. The van der Waals surface area contributed by atoms with E-state index in [0.29, 0.717) is 6.54 Å². The van der Waals surface area contributed by atoms with Crippen LogP contribution >= 0.6 is 0 Å². The first-order valence-corrected chi connectivity index (χ1v) is 9.18. The number of rotatable bonds is 6. The van der Waals surface area contributed by atoms with Crippen LogP contribution in [-0.4, -0.2) is 23.1 Å². The molecular weight excluding hydrogens is 356 g/mol. The second-order valence-corrected chi connectivity index (χ2v) is 7.39. The van der Waals surface area contributed by atoms with Crippen molar-refractivity contribution in [3.8, 4) is 0 Å². The number of nitrogens with zero attached hydrogens (tertiary/aromatic N) is 3. The normalized spacial score (nSPS) is 11.3. The molecule has 0 unspecified atom stereocenters. The molecule has 0 radical (unpaired) electrons. The Morgan fingerprint density at radius 1 is 1.15 bits per heavy atom. The molecule has 0 bridgehead atoms. The van der Waals surface area contributed by atoms with Crippen LogP contribution in [0.3, 0.4) is 0 Å². The number of para-hydroxylation sites is 1. The number of nitrogens with one attached hydrogen (secondary N) is 1. The molecule has 0 aliphatic carbocycles. The number of sulfonamides is 1. The Morgan fingerprint density at radius 3 is 2.54 bits per heavy atom. The fourth-order valence-electron chi connectivity index (χ4n) is 2.43. The standard InChI is InChI=1S/C17H16N4O4S/c1-13-6-8-14(9-7-13)11-20-12-15(10-18-20)19-26(24,25)17-5-3-2-4-16(17)21(22)23/h2-10,12,19H,11H2,1H3. The molecule has 0 saturated carbocycles. The molecule has 8 nitrogen and oxygen atoms in total. The molecular formula is C17H16N4O4S. The van der Waals surface area contributed by atoms with Crippen LogP contribution in [0.2, 0.25) is 0 Å². The third-order valence-electron chi connectivity index (χ3n) is 3.70. The molecule has 0 fully saturated rings. The van der Waals surface area contributed by atoms with Gasteiger partial charge in [-0.3, -0.25) is 19.5 Å². The number of nitro benzene ring substituents is 1. The number of aromatic nitrogens is 2. The summed E-state index contributed by atoms with van der Waals surface area (Å²) in [6, 6.07) is 13.1. The Hall–Kier alpha value is -3.20. The molecule has 0 amide bonds. The Labute approximate surface area is 150 Å². The summed E-state index contributed by atoms with van der Waals surface area (Å²) in [5.74, 6) is 0. The van der Waals surface area contributed by atoms with Gasteiger partial charge in [0.15, 0.2) is 4.90 Å². The molecule has 0 aliphatic heterocycles. The van der Waals surface area contributed by atoms with Crippen molar-refractivity contribution in [2.24, 2.45) is 0 Å². The second-order valence-electron chi connectivity index (χ2n) is 5.74. The van der Waals surface area contributed by atoms with E-state index in [-0.39, 0.29) is 5.69 Å². The molecule has 9 heteroatoms. The summed E-state index contributed by atoms with van der Waals surface area (Å²) in [4.78, 5) is 9.93. The molecule has 3 rings (SSSR count). The first kappa shape index (κ1) is 17.6. The lowest BCUT2D eigenvalue weighted by molar-refractivity contribution is -0.387. The molecule has 3 aromatic rings. The third-order valence-corrected chi connectivity index (χ3v) is 5.13. The van der Waals surface area contributed by atoms with Crippen molar-refractivity contribution in [3.05, 3.63) is 82.2 Å². The predicted molar refractivity (Wildman–Crippen MR) is 96.4 cm³/mol. The Kier molecular flexibility index (Phi) is 4.72. The van der Waals surface area contributed by atoms with E-state index in [4.69, 9.17) is 0 Å². The number of aryl methyl sites for hydroxylation is 1. The van der Waals surface area contributed by atoms with E-state index in [2.05, 4.69) is 9.82 Å². The van der Waals surface area contributed by atoms with Gasteiger partial charge < -0.3 is 0 Å². The van der Waals surface area contributed by atoms with Crippen molar-refractivity contribution in [3.63, 3.8) is 0 Å². The highest BCUT2D eigenvalue weighted by molar-refractivity contribution is 7.92. The lowest BCUT2D eigenvalue weighted by Gasteiger charge is -2.06. The number of nitro groups is 1. The summed E-state index contributed by atoms with van der Waals surface area (Å²) in [7, 11) is -4.10. The smallest absolute Gasteiger partial charge is 0.276 e. The SMILES string of the molecule is Cc1ccc(Cn2cc(NS(=O)(=O)c3ccccc3[N+](=O)[O-])cn2)cc1. The van der Waals surface area contributed by atoms with Gasteiger partial charge in [-0.05, 0) is 18.6 Å². The molecule has 134 valence electrons. The maximum absolute atomic E-state index is 12.5. The number of anilines is 1. The highest BCUT2D eigenvalue weighted by atomic mass is 32.2. The lowest BCUT2D eigenvalue weighted by atomic mass is 10.1. The van der Waals surface area contributed by atoms with Crippen molar-refractivity contribution in [2.75, 3.05) is 4.72 Å². The Morgan fingerprint density at radius 2 is 1.85 bits per heavy atom. The fraction of sp³-hybridized carbons (Fsp3) is 0.118. The monoisotopic (exact) mass is 372 g/mol. The first-order valence-electron chi connectivity index (χ1n) is 7.69. The number of benzene rings is 2. The van der Waals surface area contributed by atoms with Gasteiger partial charge >= 0.3 is 0 Å². The lowest BCUT2D eigenvalue weighted by Crippen LogP contribution is -2.14. The minimum atomic E-state index is -4.10. The summed E-state index contributed by atoms with van der Waals surface area (Å²) in [5, 5.41) is 15.2. The summed E-state index contributed by atoms with van der Waals surface area (Å²) in [6.45, 7) is 2.47. The average molecular weight is 372 g/mol. The van der Waals surface area contributed by atoms with Crippen molar-refractivity contribution >= 4 is 21.4 Å². The Balaban J connectivity index is 1.80. The van der Waals surface area contributed by atoms with Crippen LogP contribution in [-0.2, 0) is 16.6 Å². The van der Waals surface area contributed by atoms with Gasteiger partial charge in [-0.1, -0.05) is 42.0 Å². The minimum Gasteiger partial charge on any atom is -0.276 e. The first-order chi connectivity index (χ1) is 12.3. The molecule has 0 atom stereocenters. The zero-order chi connectivity index (χ0) is 18.7. The zero-order valence-electron chi connectivity index (χ0n) is 13.9. The summed E-state index contributed by atoms with van der Waals surface area (Å²) < 4.78 is 28.9. The van der Waals surface area contributed by atoms with Gasteiger partial charge in [-0.15, -0.1) is 0 Å². The van der Waals surface area contributed by atoms with Crippen molar-refractivity contribution in [1.82, 2.24) is 9.78 Å². The number of hydrogen-bond donors (Lipinski definition) is 1. The van der Waals surface area contributed by atoms with Crippen LogP contribution in [0.4, 0.5) is 11.4 Å². The molecule has 0 saturated heterocycles. The van der Waals surface area contributed by atoms with Crippen LogP contribution in [0.15, 0.2) is 65.8 Å². The molecule has 0 aliphatic rings. The zero-order valence-corrected chi connectivity index (χ0v) is 14.7. The molecule has 0 spiro atoms. The molecule has 26 heavy (non-hydrogen) atoms. The largest absolute Gasteiger partial charge is 0.289 e. The summed E-state index contributed by atoms with van der Waals surface area (Å²) in [6.07, 6.45) is 2.90. The van der Waals surface area contributed by atoms with Crippen LogP contribution < -0.4 is 4.72 Å². The van der Waals surface area contributed by atoms with E-state index in [9.17, 15) is 18.5 Å². The highest BCUT2D eigenvalue weighted by Gasteiger charge is 2.25. The van der Waals surface area contributed by atoms with Gasteiger partial charge in [-0.2, -0.15) is 5.10 Å². The van der Waals surface area contributed by atoms with Gasteiger partial charge in [0, 0.05) is 12.3 Å². The highest BCUT2D eigenvalue weighted by Crippen LogP contribution is 2.25. The topological polar surface area (TPSA) is 107 Å². The fourth-order valence-corrected chi connectivity index (χ4v) is 3.63. The van der Waals surface area contributed by atoms with Gasteiger partial charge in [0.05, 0.1) is 23.4 Å². The summed E-state index contributed by atoms with van der Waals surface area (Å²) in [5.41, 5.74) is 1.92. The van der Waals surface area contributed by atoms with Crippen LogP contribution in [0.5, 0.6) is 0 Å². The maximum Gasteiger partial charge on any atom is 0.289 e. The van der Waals surface area contributed by atoms with E-state index < -0.39 is 25.5 Å². The van der Waals surface area contributed by atoms with Crippen molar-refractivity contribution in [1.29, 1.82) is 0 Å². The maximum atomic E-state index is 12.5. The second kappa shape index (κ2) is 6.96. The minimum absolute atomic E-state index is 0.232. The van der Waals surface area contributed by atoms with E-state index in [0.717, 1.165) is 17.2 Å². The molecule has 1 N–H and O–H groups in total. The molecule has 1 aromatic heterocycles. The van der Waals surface area contributed by atoms with E-state index in [1.165, 1.54) is 30.6 Å². The van der Waals surface area contributed by atoms with Crippen molar-refractivity contribution in [2.45, 2.75) is 18.4 Å². The Bertz CT molecular complexity index is 1040. The van der Waals surface area contributed by atoms with Gasteiger partial charge in [0.25, 0.3) is 15.7 Å². The summed E-state index contributed by atoms with van der Waals surface area (Å²) >= 11 is 0. The molecule has 2 aromatic carbocycles. The van der Waals surface area contributed by atoms with Crippen LogP contribution in [0, 0.1) is 17.0 Å². The van der Waals surface area contributed by atoms with E-state index in [1.54, 1.807) is 4.68 Å². The van der Waals surface area contributed by atoms with Crippen molar-refractivity contribution < 1.29 is 13.3 Å². The van der Waals surface area contributed by atoms with Crippen LogP contribution in [0.25, 0.3) is 0 Å². The number of hydrogen-bond acceptors (Lipinski definition) is 5. The average Bonchev–Trinajstić information content (AvgIpc) is 3.03. The third kappa shape index (κ3) is 3.89. The van der Waals surface area contributed by atoms with E-state index >= 15 is 0 Å². The van der Waals surface area contributed by atoms with E-state index in [1.807, 2.05) is 31.2 Å². The quantitative estimate of drug-likeness (QED) is 0.529. The van der Waals surface area contributed by atoms with Gasteiger partial charge in [0.1, 0.15) is 0 Å². The van der Waals surface area contributed by atoms with Gasteiger partial charge in [0.2, 0.25) is 0 Å². The van der Waals surface area contributed by atoms with Crippen LogP contribution in [0.1, 0.15) is 11.1 Å².